The lowest BCUT2D eigenvalue weighted by molar-refractivity contribution is -0.130. The molecule has 0 aliphatic carbocycles. The van der Waals surface area contributed by atoms with Gasteiger partial charge in [-0.2, -0.15) is 0 Å². The third-order valence-electron chi connectivity index (χ3n) is 5.04. The number of rotatable bonds is 7. The van der Waals surface area contributed by atoms with E-state index >= 15 is 0 Å². The van der Waals surface area contributed by atoms with Gasteiger partial charge in [-0.15, -0.1) is 12.4 Å². The summed E-state index contributed by atoms with van der Waals surface area (Å²) < 4.78 is 11.3. The average molecular weight is 405 g/mol. The van der Waals surface area contributed by atoms with Gasteiger partial charge in [0.15, 0.2) is 0 Å². The lowest BCUT2D eigenvalue weighted by atomic mass is 9.78. The molecule has 1 saturated heterocycles. The lowest BCUT2D eigenvalue weighted by Crippen LogP contribution is -2.47. The van der Waals surface area contributed by atoms with Crippen molar-refractivity contribution in [3.05, 3.63) is 59.7 Å². The second kappa shape index (κ2) is 10.5. The highest BCUT2D eigenvalue weighted by molar-refractivity contribution is 5.95. The maximum atomic E-state index is 12.9. The molecule has 0 spiro atoms. The van der Waals surface area contributed by atoms with E-state index in [4.69, 9.17) is 9.47 Å². The quantitative estimate of drug-likeness (QED) is 0.733. The number of benzene rings is 2. The third kappa shape index (κ3) is 5.71. The van der Waals surface area contributed by atoms with E-state index in [0.717, 1.165) is 42.9 Å². The maximum absolute atomic E-state index is 12.9. The number of aryl methyl sites for hydroxylation is 1. The molecule has 2 N–H and O–H groups in total. The van der Waals surface area contributed by atoms with Crippen molar-refractivity contribution in [2.75, 3.05) is 32.1 Å². The molecule has 1 heterocycles. The zero-order valence-electron chi connectivity index (χ0n) is 16.5. The molecule has 1 aliphatic rings. The minimum absolute atomic E-state index is 0. The van der Waals surface area contributed by atoms with Gasteiger partial charge in [-0.3, -0.25) is 4.79 Å². The standard InChI is InChI=1S/C22H28N2O3.ClH/c1-17-5-3-6-18(13-17)15-27-20-8-4-7-19(14-20)24-21(25)22(16-26-2)9-11-23-12-10-22;/h3-8,13-14,23H,9-12,15-16H2,1-2H3,(H,24,25);1H. The Morgan fingerprint density at radius 2 is 1.89 bits per heavy atom. The molecule has 2 aromatic rings. The molecule has 1 aliphatic heterocycles. The van der Waals surface area contributed by atoms with E-state index in [1.54, 1.807) is 7.11 Å². The summed E-state index contributed by atoms with van der Waals surface area (Å²) in [6, 6.07) is 15.8. The number of carbonyl (C=O) groups excluding carboxylic acids is 1. The largest absolute Gasteiger partial charge is 0.489 e. The molecule has 28 heavy (non-hydrogen) atoms. The van der Waals surface area contributed by atoms with Crippen LogP contribution in [0.15, 0.2) is 48.5 Å². The minimum atomic E-state index is -0.474. The summed E-state index contributed by atoms with van der Waals surface area (Å²) in [4.78, 5) is 12.9. The summed E-state index contributed by atoms with van der Waals surface area (Å²) in [6.45, 7) is 4.66. The molecule has 152 valence electrons. The Hall–Kier alpha value is -2.08. The SMILES string of the molecule is COCC1(C(=O)Nc2cccc(OCc3cccc(C)c3)c2)CCNCC1.Cl. The zero-order chi connectivity index (χ0) is 19.1. The highest BCUT2D eigenvalue weighted by atomic mass is 35.5. The first-order valence-electron chi connectivity index (χ1n) is 9.41. The maximum Gasteiger partial charge on any atom is 0.233 e. The summed E-state index contributed by atoms with van der Waals surface area (Å²) in [5.74, 6) is 0.752. The van der Waals surface area contributed by atoms with Crippen molar-refractivity contribution in [3.63, 3.8) is 0 Å². The van der Waals surface area contributed by atoms with Gasteiger partial charge in [0.1, 0.15) is 12.4 Å². The molecule has 0 saturated carbocycles. The highest BCUT2D eigenvalue weighted by Crippen LogP contribution is 2.31. The molecule has 0 unspecified atom stereocenters. The number of amides is 1. The normalized spacial score (nSPS) is 15.4. The molecule has 1 amide bonds. The van der Waals surface area contributed by atoms with Crippen LogP contribution >= 0.6 is 12.4 Å². The van der Waals surface area contributed by atoms with Gasteiger partial charge in [0.05, 0.1) is 12.0 Å². The fraction of sp³-hybridized carbons (Fsp3) is 0.409. The molecule has 0 bridgehead atoms. The number of ether oxygens (including phenoxy) is 2. The Balaban J connectivity index is 0.00000280. The fourth-order valence-corrected chi connectivity index (χ4v) is 3.51. The van der Waals surface area contributed by atoms with Gasteiger partial charge in [0.25, 0.3) is 0 Å². The van der Waals surface area contributed by atoms with E-state index < -0.39 is 5.41 Å². The first kappa shape index (κ1) is 22.2. The van der Waals surface area contributed by atoms with Crippen LogP contribution in [0.1, 0.15) is 24.0 Å². The van der Waals surface area contributed by atoms with Crippen molar-refractivity contribution >= 4 is 24.0 Å². The van der Waals surface area contributed by atoms with Crippen LogP contribution in [0.2, 0.25) is 0 Å². The molecule has 1 fully saturated rings. The van der Waals surface area contributed by atoms with Gasteiger partial charge in [0, 0.05) is 18.9 Å². The van der Waals surface area contributed by atoms with E-state index in [1.165, 1.54) is 5.56 Å². The molecule has 2 aromatic carbocycles. The molecule has 6 heteroatoms. The third-order valence-corrected chi connectivity index (χ3v) is 5.04. The van der Waals surface area contributed by atoms with Crippen molar-refractivity contribution in [3.8, 4) is 5.75 Å². The number of anilines is 1. The predicted octanol–water partition coefficient (Wildman–Crippen LogP) is 3.95. The smallest absolute Gasteiger partial charge is 0.233 e. The van der Waals surface area contributed by atoms with Crippen LogP contribution in [0, 0.1) is 12.3 Å². The lowest BCUT2D eigenvalue weighted by Gasteiger charge is -2.35. The highest BCUT2D eigenvalue weighted by Gasteiger charge is 2.39. The summed E-state index contributed by atoms with van der Waals surface area (Å²) in [6.07, 6.45) is 1.55. The van der Waals surface area contributed by atoms with E-state index in [2.05, 4.69) is 29.7 Å². The number of carbonyl (C=O) groups is 1. The molecule has 3 rings (SSSR count). The number of methoxy groups -OCH3 is 1. The van der Waals surface area contributed by atoms with Crippen molar-refractivity contribution < 1.29 is 14.3 Å². The van der Waals surface area contributed by atoms with Gasteiger partial charge >= 0.3 is 0 Å². The summed E-state index contributed by atoms with van der Waals surface area (Å²) in [5, 5.41) is 6.36. The Bertz CT molecular complexity index is 770. The fourth-order valence-electron chi connectivity index (χ4n) is 3.51. The molecule has 5 nitrogen and oxygen atoms in total. The van der Waals surface area contributed by atoms with Gasteiger partial charge in [-0.25, -0.2) is 0 Å². The summed E-state index contributed by atoms with van der Waals surface area (Å²) in [7, 11) is 1.65. The topological polar surface area (TPSA) is 59.6 Å². The van der Waals surface area contributed by atoms with Crippen molar-refractivity contribution in [1.29, 1.82) is 0 Å². The summed E-state index contributed by atoms with van der Waals surface area (Å²) >= 11 is 0. The number of piperidine rings is 1. The van der Waals surface area contributed by atoms with E-state index in [1.807, 2.05) is 36.4 Å². The monoisotopic (exact) mass is 404 g/mol. The average Bonchev–Trinajstić information content (AvgIpc) is 2.68. The first-order valence-corrected chi connectivity index (χ1v) is 9.41. The Morgan fingerprint density at radius 1 is 1.14 bits per heavy atom. The van der Waals surface area contributed by atoms with Crippen LogP contribution in [0.3, 0.4) is 0 Å². The van der Waals surface area contributed by atoms with Crippen LogP contribution < -0.4 is 15.4 Å². The Kier molecular flexibility index (Phi) is 8.30. The van der Waals surface area contributed by atoms with Gasteiger partial charge in [-0.1, -0.05) is 35.9 Å². The molecular weight excluding hydrogens is 376 g/mol. The number of hydrogen-bond acceptors (Lipinski definition) is 4. The summed E-state index contributed by atoms with van der Waals surface area (Å²) in [5.41, 5.74) is 2.61. The van der Waals surface area contributed by atoms with E-state index in [-0.39, 0.29) is 18.3 Å². The molecule has 0 atom stereocenters. The van der Waals surface area contributed by atoms with Crippen LogP contribution in [-0.4, -0.2) is 32.7 Å². The van der Waals surface area contributed by atoms with E-state index in [0.29, 0.717) is 13.2 Å². The first-order chi connectivity index (χ1) is 13.1. The predicted molar refractivity (Wildman–Crippen MR) is 114 cm³/mol. The van der Waals surface area contributed by atoms with Crippen molar-refractivity contribution in [1.82, 2.24) is 5.32 Å². The number of nitrogens with one attached hydrogen (secondary N) is 2. The number of halogens is 1. The van der Waals surface area contributed by atoms with Crippen LogP contribution in [0.5, 0.6) is 5.75 Å². The van der Waals surface area contributed by atoms with Crippen LogP contribution in [0.25, 0.3) is 0 Å². The second-order valence-electron chi connectivity index (χ2n) is 7.22. The minimum Gasteiger partial charge on any atom is -0.489 e. The second-order valence-corrected chi connectivity index (χ2v) is 7.22. The van der Waals surface area contributed by atoms with Gasteiger partial charge < -0.3 is 20.1 Å². The van der Waals surface area contributed by atoms with Gasteiger partial charge in [-0.05, 0) is 50.6 Å². The Labute approximate surface area is 173 Å². The van der Waals surface area contributed by atoms with Crippen LogP contribution in [0.4, 0.5) is 5.69 Å². The zero-order valence-corrected chi connectivity index (χ0v) is 17.3. The van der Waals surface area contributed by atoms with E-state index in [9.17, 15) is 4.79 Å². The van der Waals surface area contributed by atoms with Crippen LogP contribution in [-0.2, 0) is 16.1 Å². The molecule has 0 aromatic heterocycles. The molecular formula is C22H29ClN2O3. The van der Waals surface area contributed by atoms with Crippen molar-refractivity contribution in [2.45, 2.75) is 26.4 Å². The van der Waals surface area contributed by atoms with Crippen molar-refractivity contribution in [2.24, 2.45) is 5.41 Å². The van der Waals surface area contributed by atoms with Gasteiger partial charge in [0.2, 0.25) is 5.91 Å². The Morgan fingerprint density at radius 3 is 2.61 bits per heavy atom. The number of hydrogen-bond donors (Lipinski definition) is 2. The molecule has 0 radical (unpaired) electrons.